The Kier molecular flexibility index (Phi) is 8.29. The molecular weight excluding hydrogens is 225 g/mol. The molecule has 0 bridgehead atoms. The maximum atomic E-state index is 10.2. The van der Waals surface area contributed by atoms with Crippen LogP contribution >= 0.6 is 0 Å². The summed E-state index contributed by atoms with van der Waals surface area (Å²) < 4.78 is 0. The molecule has 0 heterocycles. The van der Waals surface area contributed by atoms with Crippen LogP contribution in [0.15, 0.2) is 0 Å². The summed E-state index contributed by atoms with van der Waals surface area (Å²) in [5, 5.41) is 23.9. The van der Waals surface area contributed by atoms with Crippen molar-refractivity contribution in [3.63, 3.8) is 0 Å². The molecule has 0 fully saturated rings. The second-order valence-corrected chi connectivity index (χ2v) is 1.59. The zero-order chi connectivity index (χ0) is 8.85. The van der Waals surface area contributed by atoms with Gasteiger partial charge in [-0.15, -0.1) is 0 Å². The second kappa shape index (κ2) is 7.11. The van der Waals surface area contributed by atoms with Crippen LogP contribution in [0.1, 0.15) is 6.42 Å². The number of aliphatic hydroxyl groups excluding tert-OH is 1. The minimum Gasteiger partial charge on any atom is -0.381 e. The van der Waals surface area contributed by atoms with Crippen molar-refractivity contribution in [2.45, 2.75) is 12.5 Å². The van der Waals surface area contributed by atoms with Gasteiger partial charge in [-0.1, -0.05) is 0 Å². The number of hydrogen-bond acceptors (Lipinski definition) is 7. The largest absolute Gasteiger partial charge is 0.381 e. The van der Waals surface area contributed by atoms with Gasteiger partial charge in [-0.3, -0.25) is 4.89 Å². The van der Waals surface area contributed by atoms with Gasteiger partial charge in [0.25, 0.3) is 0 Å². The molecule has 12 heavy (non-hydrogen) atoms. The Morgan fingerprint density at radius 3 is 2.08 bits per heavy atom. The molecule has 0 spiro atoms. The fourth-order valence-corrected chi connectivity index (χ4v) is 0.339. The van der Waals surface area contributed by atoms with Crippen LogP contribution in [0.4, 0.5) is 0 Å². The van der Waals surface area contributed by atoms with Crippen molar-refractivity contribution < 1.29 is 54.5 Å². The second-order valence-electron chi connectivity index (χ2n) is 1.59. The molecule has 1 unspecified atom stereocenters. The molecule has 0 rings (SSSR count). The van der Waals surface area contributed by atoms with Crippen LogP contribution in [0.3, 0.4) is 0 Å². The summed E-state index contributed by atoms with van der Waals surface area (Å²) in [6.07, 6.45) is -2.62. The van der Waals surface area contributed by atoms with Crippen molar-refractivity contribution in [2.24, 2.45) is 0 Å². The molecule has 0 amide bonds. The molecule has 0 aromatic carbocycles. The molecule has 8 heteroatoms. The smallest absolute Gasteiger partial charge is 0.370 e. The Balaban J connectivity index is 0. The van der Waals surface area contributed by atoms with E-state index < -0.39 is 24.5 Å². The molecule has 66 valence electrons. The predicted octanol–water partition coefficient (Wildman–Crippen LogP) is -1.23. The molecule has 0 aliphatic carbocycles. The van der Waals surface area contributed by atoms with Crippen molar-refractivity contribution in [1.82, 2.24) is 0 Å². The molecule has 0 aliphatic rings. The minimum absolute atomic E-state index is 0. The van der Waals surface area contributed by atoms with Crippen LogP contribution in [0, 0.1) is 0 Å². The first-order chi connectivity index (χ1) is 5.11. The molecule has 0 aliphatic heterocycles. The molecule has 0 aromatic rings. The minimum atomic E-state index is -1.83. The van der Waals surface area contributed by atoms with Crippen molar-refractivity contribution in [2.75, 3.05) is 0 Å². The molecular formula is C4H6O7Zn. The van der Waals surface area contributed by atoms with Gasteiger partial charge in [-0.25, -0.2) is 9.59 Å². The predicted molar refractivity (Wildman–Crippen MR) is 28.1 cm³/mol. The fraction of sp³-hybridized carbons (Fsp3) is 0.500. The average Bonchev–Trinajstić information content (AvgIpc) is 2.02. The first-order valence-corrected chi connectivity index (χ1v) is 2.49. The Morgan fingerprint density at radius 2 is 1.75 bits per heavy atom. The summed E-state index contributed by atoms with van der Waals surface area (Å²) in [4.78, 5) is 26.5. The molecule has 0 aromatic heterocycles. The topological polar surface area (TPSA) is 113 Å². The number of aliphatic hydroxyl groups is 1. The van der Waals surface area contributed by atoms with E-state index in [0.717, 1.165) is 0 Å². The fourth-order valence-electron chi connectivity index (χ4n) is 0.339. The van der Waals surface area contributed by atoms with Gasteiger partial charge >= 0.3 is 11.9 Å². The van der Waals surface area contributed by atoms with E-state index in [0.29, 0.717) is 0 Å². The van der Waals surface area contributed by atoms with Gasteiger partial charge in [-0.05, 0) is 0 Å². The van der Waals surface area contributed by atoms with Crippen LogP contribution < -0.4 is 0 Å². The summed E-state index contributed by atoms with van der Waals surface area (Å²) >= 11 is 0. The van der Waals surface area contributed by atoms with E-state index in [4.69, 9.17) is 15.6 Å². The van der Waals surface area contributed by atoms with Gasteiger partial charge in [0.05, 0.1) is 6.42 Å². The van der Waals surface area contributed by atoms with E-state index in [2.05, 4.69) is 9.78 Å². The molecule has 1 atom stereocenters. The van der Waals surface area contributed by atoms with Gasteiger partial charge in [0.2, 0.25) is 0 Å². The average molecular weight is 231 g/mol. The van der Waals surface area contributed by atoms with Gasteiger partial charge in [-0.2, -0.15) is 10.5 Å². The summed E-state index contributed by atoms with van der Waals surface area (Å²) in [5.74, 6) is -2.60. The molecule has 0 radical (unpaired) electrons. The third-order valence-corrected chi connectivity index (χ3v) is 0.824. The van der Waals surface area contributed by atoms with Crippen molar-refractivity contribution >= 4 is 11.9 Å². The SMILES string of the molecule is O=C(CC(O)C(=O)OO)OO.[Zn]. The zero-order valence-corrected chi connectivity index (χ0v) is 8.93. The van der Waals surface area contributed by atoms with Crippen LogP contribution in [-0.2, 0) is 38.8 Å². The normalized spacial score (nSPS) is 10.9. The maximum absolute atomic E-state index is 10.2. The third-order valence-electron chi connectivity index (χ3n) is 0.824. The van der Waals surface area contributed by atoms with E-state index >= 15 is 0 Å². The molecule has 7 nitrogen and oxygen atoms in total. The number of carbonyl (C=O) groups excluding carboxylic acids is 2. The van der Waals surface area contributed by atoms with Crippen LogP contribution in [0.25, 0.3) is 0 Å². The summed E-state index contributed by atoms with van der Waals surface area (Å²) in [5.41, 5.74) is 0. The number of hydrogen-bond donors (Lipinski definition) is 3. The van der Waals surface area contributed by atoms with E-state index in [1.54, 1.807) is 0 Å². The van der Waals surface area contributed by atoms with Crippen LogP contribution in [-0.4, -0.2) is 33.7 Å². The van der Waals surface area contributed by atoms with Crippen molar-refractivity contribution in [3.8, 4) is 0 Å². The van der Waals surface area contributed by atoms with E-state index in [1.165, 1.54) is 0 Å². The van der Waals surface area contributed by atoms with E-state index in [9.17, 15) is 9.59 Å². The van der Waals surface area contributed by atoms with Gasteiger partial charge in [0.15, 0.2) is 6.10 Å². The first kappa shape index (κ1) is 14.0. The van der Waals surface area contributed by atoms with Crippen LogP contribution in [0.2, 0.25) is 0 Å². The molecule has 3 N–H and O–H groups in total. The van der Waals surface area contributed by atoms with Crippen molar-refractivity contribution in [3.05, 3.63) is 0 Å². The zero-order valence-electron chi connectivity index (χ0n) is 5.97. The molecule has 0 saturated heterocycles. The Labute approximate surface area is 79.5 Å². The monoisotopic (exact) mass is 230 g/mol. The van der Waals surface area contributed by atoms with Gasteiger partial charge in [0, 0.05) is 19.5 Å². The van der Waals surface area contributed by atoms with E-state index in [-0.39, 0.29) is 19.5 Å². The Hall–Kier alpha value is -0.557. The quantitative estimate of drug-likeness (QED) is 0.316. The summed E-state index contributed by atoms with van der Waals surface area (Å²) in [7, 11) is 0. The Bertz CT molecular complexity index is 157. The van der Waals surface area contributed by atoms with Gasteiger partial charge < -0.3 is 9.99 Å². The first-order valence-electron chi connectivity index (χ1n) is 2.49. The summed E-state index contributed by atoms with van der Waals surface area (Å²) in [6.45, 7) is 0. The number of rotatable bonds is 3. The third kappa shape index (κ3) is 5.14. The van der Waals surface area contributed by atoms with Crippen molar-refractivity contribution in [1.29, 1.82) is 0 Å². The summed E-state index contributed by atoms with van der Waals surface area (Å²) in [6, 6.07) is 0. The van der Waals surface area contributed by atoms with Crippen LogP contribution in [0.5, 0.6) is 0 Å². The Morgan fingerprint density at radius 1 is 1.25 bits per heavy atom. The molecule has 0 saturated carbocycles. The number of carbonyl (C=O) groups is 2. The van der Waals surface area contributed by atoms with Gasteiger partial charge in [0.1, 0.15) is 0 Å². The van der Waals surface area contributed by atoms with E-state index in [1.807, 2.05) is 0 Å². The standard InChI is InChI=1S/C4H6O7.Zn/c5-2(4(7)11-9)1-3(6)10-8;/h2,5,8-9H,1H2;. The maximum Gasteiger partial charge on any atom is 0.370 e.